The monoisotopic (exact) mass is 694 g/mol. The predicted molar refractivity (Wildman–Crippen MR) is 185 cm³/mol. The number of benzene rings is 1. The van der Waals surface area contributed by atoms with Crippen LogP contribution in [0.1, 0.15) is 97.5 Å². The van der Waals surface area contributed by atoms with Gasteiger partial charge in [0.05, 0.1) is 11.9 Å². The van der Waals surface area contributed by atoms with Gasteiger partial charge in [0.1, 0.15) is 22.4 Å². The van der Waals surface area contributed by atoms with Crippen LogP contribution in [0.2, 0.25) is 0 Å². The molecule has 2 aliphatic rings. The molecule has 2 N–H and O–H groups in total. The van der Waals surface area contributed by atoms with Crippen LogP contribution in [-0.4, -0.2) is 91.9 Å². The highest BCUT2D eigenvalue weighted by molar-refractivity contribution is 7.07. The molecule has 1 saturated heterocycles. The van der Waals surface area contributed by atoms with Crippen LogP contribution in [0.3, 0.4) is 0 Å². The Bertz CT molecular complexity index is 1610. The molecule has 5 rings (SSSR count). The fraction of sp³-hybridized carbons (Fsp3) is 0.571. The number of rotatable bonds is 12. The first-order valence-corrected chi connectivity index (χ1v) is 17.9. The number of carbonyl (C=O) groups is 4. The number of halogens is 1. The number of nitrogens with zero attached hydrogens (tertiary/aromatic N) is 6. The molecule has 2 fully saturated rings. The first-order valence-electron chi connectivity index (χ1n) is 17.2. The summed E-state index contributed by atoms with van der Waals surface area (Å²) in [6.45, 7) is 10.3. The number of likely N-dealkylation sites (N-methyl/N-ethyl adjacent to an activating group) is 1. The van der Waals surface area contributed by atoms with Gasteiger partial charge in [-0.3, -0.25) is 23.9 Å². The third-order valence-electron chi connectivity index (χ3n) is 10.0. The van der Waals surface area contributed by atoms with E-state index in [1.54, 1.807) is 34.8 Å². The number of hydrogen-bond acceptors (Lipinski definition) is 9. The van der Waals surface area contributed by atoms with Crippen molar-refractivity contribution in [1.29, 1.82) is 0 Å². The summed E-state index contributed by atoms with van der Waals surface area (Å²) in [6.07, 6.45) is 6.52. The number of ketones is 1. The minimum atomic E-state index is -0.971. The van der Waals surface area contributed by atoms with Gasteiger partial charge in [-0.15, -0.1) is 5.10 Å². The van der Waals surface area contributed by atoms with Crippen LogP contribution in [0.4, 0.5) is 10.1 Å². The fourth-order valence-electron chi connectivity index (χ4n) is 6.85. The average molecular weight is 695 g/mol. The van der Waals surface area contributed by atoms with E-state index in [1.807, 2.05) is 20.9 Å². The topological polar surface area (TPSA) is 142 Å². The Labute approximate surface area is 291 Å². The van der Waals surface area contributed by atoms with Crippen LogP contribution in [-0.2, 0) is 9.59 Å². The van der Waals surface area contributed by atoms with Crippen molar-refractivity contribution in [3.63, 3.8) is 0 Å². The molecular formula is C35H47FN8O4S. The molecular weight excluding hydrogens is 648 g/mol. The van der Waals surface area contributed by atoms with Crippen LogP contribution in [0, 0.1) is 23.6 Å². The summed E-state index contributed by atoms with van der Waals surface area (Å²) in [5, 5.41) is 13.6. The lowest BCUT2D eigenvalue weighted by Gasteiger charge is -2.36. The van der Waals surface area contributed by atoms with Crippen molar-refractivity contribution in [3.8, 4) is 0 Å². The second kappa shape index (κ2) is 16.1. The Morgan fingerprint density at radius 1 is 1.02 bits per heavy atom. The molecule has 14 heteroatoms. The molecule has 264 valence electrons. The number of nitrogens with one attached hydrogen (secondary N) is 2. The second-order valence-electron chi connectivity index (χ2n) is 13.9. The van der Waals surface area contributed by atoms with Gasteiger partial charge in [-0.25, -0.2) is 4.39 Å². The lowest BCUT2D eigenvalue weighted by Crippen LogP contribution is -2.55. The Morgan fingerprint density at radius 3 is 2.37 bits per heavy atom. The summed E-state index contributed by atoms with van der Waals surface area (Å²) in [7, 11) is 1.99. The van der Waals surface area contributed by atoms with Crippen molar-refractivity contribution >= 4 is 40.7 Å². The van der Waals surface area contributed by atoms with Crippen molar-refractivity contribution in [2.45, 2.75) is 77.8 Å². The van der Waals surface area contributed by atoms with Gasteiger partial charge in [-0.05, 0) is 80.9 Å². The highest BCUT2D eigenvalue weighted by Gasteiger charge is 2.36. The van der Waals surface area contributed by atoms with E-state index >= 15 is 4.39 Å². The summed E-state index contributed by atoms with van der Waals surface area (Å²) < 4.78 is 21.2. The van der Waals surface area contributed by atoms with E-state index in [1.165, 1.54) is 18.3 Å². The summed E-state index contributed by atoms with van der Waals surface area (Å²) >= 11 is 0.925. The van der Waals surface area contributed by atoms with Gasteiger partial charge in [-0.1, -0.05) is 37.2 Å². The smallest absolute Gasteiger partial charge is 0.265 e. The zero-order chi connectivity index (χ0) is 35.2. The van der Waals surface area contributed by atoms with Gasteiger partial charge in [0, 0.05) is 56.7 Å². The van der Waals surface area contributed by atoms with Crippen molar-refractivity contribution in [1.82, 2.24) is 34.5 Å². The second-order valence-corrected chi connectivity index (χ2v) is 14.7. The number of aromatic nitrogens is 4. The van der Waals surface area contributed by atoms with Crippen LogP contribution in [0.5, 0.6) is 0 Å². The molecule has 0 spiro atoms. The third-order valence-corrected chi connectivity index (χ3v) is 10.7. The highest BCUT2D eigenvalue weighted by atomic mass is 32.1. The van der Waals surface area contributed by atoms with Gasteiger partial charge >= 0.3 is 0 Å². The molecule has 0 bridgehead atoms. The van der Waals surface area contributed by atoms with Crippen LogP contribution in [0.15, 0.2) is 36.7 Å². The van der Waals surface area contributed by atoms with Crippen LogP contribution < -0.4 is 10.6 Å². The third kappa shape index (κ3) is 8.77. The first kappa shape index (κ1) is 36.2. The summed E-state index contributed by atoms with van der Waals surface area (Å²) in [5.74, 6) is -2.63. The van der Waals surface area contributed by atoms with E-state index in [0.29, 0.717) is 43.4 Å². The molecule has 1 saturated carbocycles. The van der Waals surface area contributed by atoms with Crippen molar-refractivity contribution in [3.05, 3.63) is 58.6 Å². The maximum Gasteiger partial charge on any atom is 0.265 e. The Morgan fingerprint density at radius 2 is 1.73 bits per heavy atom. The quantitative estimate of drug-likeness (QED) is 0.258. The number of amides is 3. The standard InChI is InChI=1S/C35H47FN8O4S/c1-21(2)44-29(12-13-38-44)30(45)19-26(24-8-6-22(3)7-9-24)33(46)39-28-11-10-25(18-27(28)36)23(4)32(40-34(47)31-20-37-41-49-31)35(48)43-16-14-42(5)15-17-43/h10-13,18,20-24,26,32H,6-9,14-17,19H2,1-5H3,(H,39,46)(H,40,47)/t22?,23-,24?,26-,32+/m0/s1. The minimum Gasteiger partial charge on any atom is -0.339 e. The Kier molecular flexibility index (Phi) is 11.9. The van der Waals surface area contributed by atoms with Crippen LogP contribution >= 0.6 is 11.5 Å². The number of piperazine rings is 1. The summed E-state index contributed by atoms with van der Waals surface area (Å²) in [4.78, 5) is 58.3. The van der Waals surface area contributed by atoms with Crippen LogP contribution in [0.25, 0.3) is 0 Å². The van der Waals surface area contributed by atoms with Gasteiger partial charge in [0.15, 0.2) is 5.78 Å². The largest absolute Gasteiger partial charge is 0.339 e. The Balaban J connectivity index is 1.34. The zero-order valence-electron chi connectivity index (χ0n) is 28.9. The normalized spacial score (nSPS) is 20.4. The predicted octanol–water partition coefficient (Wildman–Crippen LogP) is 4.78. The Hall–Kier alpha value is -4.04. The van der Waals surface area contributed by atoms with E-state index in [0.717, 1.165) is 37.2 Å². The van der Waals surface area contributed by atoms with E-state index in [9.17, 15) is 19.2 Å². The van der Waals surface area contributed by atoms with Gasteiger partial charge in [-0.2, -0.15) is 5.10 Å². The number of carbonyl (C=O) groups excluding carboxylic acids is 4. The number of Topliss-reactive ketones (excluding diaryl/α,β-unsaturated/α-hetero) is 1. The van der Waals surface area contributed by atoms with E-state index < -0.39 is 35.5 Å². The van der Waals surface area contributed by atoms with E-state index in [2.05, 4.69) is 37.1 Å². The van der Waals surface area contributed by atoms with Crippen molar-refractivity contribution in [2.24, 2.45) is 17.8 Å². The fourth-order valence-corrected chi connectivity index (χ4v) is 7.27. The van der Waals surface area contributed by atoms with E-state index in [-0.39, 0.29) is 40.6 Å². The summed E-state index contributed by atoms with van der Waals surface area (Å²) in [5.41, 5.74) is 0.943. The lowest BCUT2D eigenvalue weighted by molar-refractivity contribution is -0.135. The van der Waals surface area contributed by atoms with Gasteiger partial charge in [0.25, 0.3) is 5.91 Å². The molecule has 0 radical (unpaired) electrons. The molecule has 3 heterocycles. The summed E-state index contributed by atoms with van der Waals surface area (Å²) in [6, 6.07) is 5.15. The maximum atomic E-state index is 15.8. The molecule has 2 aromatic heterocycles. The molecule has 1 aliphatic heterocycles. The van der Waals surface area contributed by atoms with E-state index in [4.69, 9.17) is 0 Å². The minimum absolute atomic E-state index is 0.00312. The zero-order valence-corrected chi connectivity index (χ0v) is 29.7. The van der Waals surface area contributed by atoms with Crippen molar-refractivity contribution < 1.29 is 23.6 Å². The maximum absolute atomic E-state index is 15.8. The first-order chi connectivity index (χ1) is 23.4. The lowest BCUT2D eigenvalue weighted by atomic mass is 9.74. The molecule has 1 aliphatic carbocycles. The molecule has 0 unspecified atom stereocenters. The van der Waals surface area contributed by atoms with Gasteiger partial charge in [0.2, 0.25) is 11.8 Å². The molecule has 3 aromatic rings. The highest BCUT2D eigenvalue weighted by Crippen LogP contribution is 2.36. The number of anilines is 1. The average Bonchev–Trinajstić information content (AvgIpc) is 3.81. The van der Waals surface area contributed by atoms with Crippen molar-refractivity contribution in [2.75, 3.05) is 38.5 Å². The molecule has 3 amide bonds. The van der Waals surface area contributed by atoms with Gasteiger partial charge < -0.3 is 20.4 Å². The molecule has 12 nitrogen and oxygen atoms in total. The SMILES string of the molecule is CC1CCC([C@H](CC(=O)c2ccnn2C(C)C)C(=O)Nc2ccc([C@H](C)[C@@H](NC(=O)c3cnns3)C(=O)N3CCN(C)CC3)cc2F)CC1. The number of hydrogen-bond donors (Lipinski definition) is 2. The molecule has 1 aromatic carbocycles. The molecule has 3 atom stereocenters. The molecule has 49 heavy (non-hydrogen) atoms.